The minimum atomic E-state index is 0.00260. The van der Waals surface area contributed by atoms with Crippen LogP contribution in [-0.4, -0.2) is 13.2 Å². The van der Waals surface area contributed by atoms with Gasteiger partial charge in [-0.2, -0.15) is 0 Å². The van der Waals surface area contributed by atoms with Crippen LogP contribution in [0.2, 0.25) is 0 Å². The van der Waals surface area contributed by atoms with Crippen molar-refractivity contribution in [2.75, 3.05) is 18.1 Å². The van der Waals surface area contributed by atoms with Crippen molar-refractivity contribution in [3.63, 3.8) is 0 Å². The summed E-state index contributed by atoms with van der Waals surface area (Å²) >= 11 is 0. The van der Waals surface area contributed by atoms with Gasteiger partial charge in [0.1, 0.15) is 18.4 Å². The Labute approximate surface area is 173 Å². The Balaban J connectivity index is 1.89. The molecule has 2 N–H and O–H groups in total. The van der Waals surface area contributed by atoms with Crippen molar-refractivity contribution < 1.29 is 4.74 Å². The van der Waals surface area contributed by atoms with Crippen LogP contribution in [0.15, 0.2) is 90.7 Å². The minimum absolute atomic E-state index is 0.00260. The molecule has 0 saturated carbocycles. The van der Waals surface area contributed by atoms with Gasteiger partial charge in [0.25, 0.3) is 0 Å². The highest BCUT2D eigenvalue weighted by Gasteiger charge is 2.35. The van der Waals surface area contributed by atoms with Gasteiger partial charge >= 0.3 is 0 Å². The van der Waals surface area contributed by atoms with Gasteiger partial charge in [-0.05, 0) is 29.7 Å². The van der Waals surface area contributed by atoms with Crippen molar-refractivity contribution in [3.05, 3.63) is 107 Å². The molecule has 0 radical (unpaired) electrons. The van der Waals surface area contributed by atoms with Crippen LogP contribution in [0.4, 0.5) is 5.69 Å². The first kappa shape index (κ1) is 19.3. The minimum Gasteiger partial charge on any atom is -0.494 e. The SMILES string of the molecule is CCC(c1ccccc1)N1c2ccccc2C=C(OCCN)[C@@H]1c1ccccc1. The summed E-state index contributed by atoms with van der Waals surface area (Å²) in [5.41, 5.74) is 10.7. The van der Waals surface area contributed by atoms with Crippen molar-refractivity contribution in [1.82, 2.24) is 0 Å². The van der Waals surface area contributed by atoms with Crippen LogP contribution in [0.1, 0.15) is 42.1 Å². The predicted octanol–water partition coefficient (Wildman–Crippen LogP) is 5.72. The molecule has 0 fully saturated rings. The van der Waals surface area contributed by atoms with Gasteiger partial charge in [0.05, 0.1) is 6.04 Å². The molecule has 3 heteroatoms. The van der Waals surface area contributed by atoms with Crippen LogP contribution in [-0.2, 0) is 4.74 Å². The lowest BCUT2D eigenvalue weighted by atomic mass is 9.90. The molecular weight excluding hydrogens is 356 g/mol. The largest absolute Gasteiger partial charge is 0.494 e. The Morgan fingerprint density at radius 2 is 1.55 bits per heavy atom. The highest BCUT2D eigenvalue weighted by Crippen LogP contribution is 2.46. The number of nitrogens with two attached hydrogens (primary N) is 1. The van der Waals surface area contributed by atoms with Crippen molar-refractivity contribution in [2.24, 2.45) is 5.73 Å². The van der Waals surface area contributed by atoms with Gasteiger partial charge in [-0.25, -0.2) is 0 Å². The summed E-state index contributed by atoms with van der Waals surface area (Å²) in [7, 11) is 0. The fraction of sp³-hybridized carbons (Fsp3) is 0.231. The Morgan fingerprint density at radius 1 is 0.897 bits per heavy atom. The normalized spacial score (nSPS) is 16.7. The number of para-hydroxylation sites is 1. The number of benzene rings is 3. The van der Waals surface area contributed by atoms with Crippen LogP contribution in [0.5, 0.6) is 0 Å². The van der Waals surface area contributed by atoms with Crippen molar-refractivity contribution in [1.29, 1.82) is 0 Å². The summed E-state index contributed by atoms with van der Waals surface area (Å²) in [5.74, 6) is 0.953. The molecule has 29 heavy (non-hydrogen) atoms. The van der Waals surface area contributed by atoms with Gasteiger partial charge in [-0.15, -0.1) is 0 Å². The summed E-state index contributed by atoms with van der Waals surface area (Å²) in [5, 5.41) is 0. The van der Waals surface area contributed by atoms with Gasteiger partial charge < -0.3 is 15.4 Å². The summed E-state index contributed by atoms with van der Waals surface area (Å²) in [6, 6.07) is 30.2. The lowest BCUT2D eigenvalue weighted by molar-refractivity contribution is 0.199. The molecule has 3 nitrogen and oxygen atoms in total. The third kappa shape index (κ3) is 3.92. The Morgan fingerprint density at radius 3 is 2.24 bits per heavy atom. The lowest BCUT2D eigenvalue weighted by Gasteiger charge is -2.44. The Hall–Kier alpha value is -3.04. The molecule has 1 heterocycles. The number of nitrogens with zero attached hydrogens (tertiary/aromatic N) is 1. The molecular formula is C26H28N2O. The second-order valence-electron chi connectivity index (χ2n) is 7.30. The molecule has 1 aliphatic heterocycles. The van der Waals surface area contributed by atoms with E-state index in [0.29, 0.717) is 13.2 Å². The quantitative estimate of drug-likeness (QED) is 0.566. The number of rotatable bonds is 7. The van der Waals surface area contributed by atoms with E-state index in [2.05, 4.69) is 103 Å². The molecule has 0 aromatic heterocycles. The molecule has 0 bridgehead atoms. The van der Waals surface area contributed by atoms with Gasteiger partial charge in [0.15, 0.2) is 0 Å². The van der Waals surface area contributed by atoms with E-state index in [-0.39, 0.29) is 12.1 Å². The number of hydrogen-bond acceptors (Lipinski definition) is 3. The predicted molar refractivity (Wildman–Crippen MR) is 121 cm³/mol. The second kappa shape index (κ2) is 8.97. The molecule has 1 aliphatic rings. The number of anilines is 1. The standard InChI is InChI=1S/C26H28N2O/c1-2-23(20-11-5-3-6-12-20)28-24-16-10-9-15-22(24)19-25(29-18-17-27)26(28)21-13-7-4-8-14-21/h3-16,19,23,26H,2,17-18,27H2,1H3/t23?,26-/m0/s1. The van der Waals surface area contributed by atoms with Crippen molar-refractivity contribution in [3.8, 4) is 0 Å². The maximum atomic E-state index is 6.21. The first-order chi connectivity index (χ1) is 14.3. The molecule has 3 aromatic carbocycles. The highest BCUT2D eigenvalue weighted by molar-refractivity contribution is 5.75. The molecule has 148 valence electrons. The van der Waals surface area contributed by atoms with Gasteiger partial charge in [0.2, 0.25) is 0 Å². The third-order valence-electron chi connectivity index (χ3n) is 5.47. The zero-order chi connectivity index (χ0) is 20.1. The summed E-state index contributed by atoms with van der Waals surface area (Å²) in [6.07, 6.45) is 3.17. The lowest BCUT2D eigenvalue weighted by Crippen LogP contribution is -2.37. The average Bonchev–Trinajstić information content (AvgIpc) is 2.79. The first-order valence-corrected chi connectivity index (χ1v) is 10.3. The van der Waals surface area contributed by atoms with E-state index in [4.69, 9.17) is 10.5 Å². The van der Waals surface area contributed by atoms with E-state index < -0.39 is 0 Å². The van der Waals surface area contributed by atoms with Gasteiger partial charge in [0, 0.05) is 17.8 Å². The maximum absolute atomic E-state index is 6.21. The van der Waals surface area contributed by atoms with Crippen LogP contribution in [0.3, 0.4) is 0 Å². The van der Waals surface area contributed by atoms with E-state index in [0.717, 1.165) is 12.2 Å². The third-order valence-corrected chi connectivity index (χ3v) is 5.47. The van der Waals surface area contributed by atoms with Crippen LogP contribution in [0.25, 0.3) is 6.08 Å². The number of hydrogen-bond donors (Lipinski definition) is 1. The van der Waals surface area contributed by atoms with E-state index >= 15 is 0 Å². The maximum Gasteiger partial charge on any atom is 0.124 e. The zero-order valence-electron chi connectivity index (χ0n) is 16.9. The van der Waals surface area contributed by atoms with Crippen LogP contribution >= 0.6 is 0 Å². The zero-order valence-corrected chi connectivity index (χ0v) is 16.9. The van der Waals surface area contributed by atoms with Gasteiger partial charge in [-0.3, -0.25) is 0 Å². The fourth-order valence-corrected chi connectivity index (χ4v) is 4.23. The molecule has 0 amide bonds. The fourth-order valence-electron chi connectivity index (χ4n) is 4.23. The second-order valence-corrected chi connectivity index (χ2v) is 7.30. The van der Waals surface area contributed by atoms with E-state index in [1.54, 1.807) is 0 Å². The van der Waals surface area contributed by atoms with Gasteiger partial charge in [-0.1, -0.05) is 85.8 Å². The molecule has 3 aromatic rings. The summed E-state index contributed by atoms with van der Waals surface area (Å²) in [4.78, 5) is 2.52. The molecule has 0 spiro atoms. The first-order valence-electron chi connectivity index (χ1n) is 10.3. The smallest absolute Gasteiger partial charge is 0.124 e. The highest BCUT2D eigenvalue weighted by atomic mass is 16.5. The van der Waals surface area contributed by atoms with Crippen LogP contribution < -0.4 is 10.6 Å². The molecule has 0 aliphatic carbocycles. The summed E-state index contributed by atoms with van der Waals surface area (Å²) in [6.45, 7) is 3.25. The molecule has 1 unspecified atom stereocenters. The molecule has 0 saturated heterocycles. The molecule has 4 rings (SSSR count). The average molecular weight is 385 g/mol. The Kier molecular flexibility index (Phi) is 5.97. The van der Waals surface area contributed by atoms with Crippen molar-refractivity contribution >= 4 is 11.8 Å². The van der Waals surface area contributed by atoms with E-state index in [1.807, 2.05) is 0 Å². The topological polar surface area (TPSA) is 38.5 Å². The molecule has 2 atom stereocenters. The monoisotopic (exact) mass is 384 g/mol. The Bertz CT molecular complexity index is 953. The van der Waals surface area contributed by atoms with E-state index in [9.17, 15) is 0 Å². The summed E-state index contributed by atoms with van der Waals surface area (Å²) < 4.78 is 6.21. The van der Waals surface area contributed by atoms with Crippen molar-refractivity contribution in [2.45, 2.75) is 25.4 Å². The van der Waals surface area contributed by atoms with Crippen LogP contribution in [0, 0.1) is 0 Å². The number of fused-ring (bicyclic) bond motifs is 1. The van der Waals surface area contributed by atoms with E-state index in [1.165, 1.54) is 22.4 Å². The number of ether oxygens (including phenoxy) is 1.